The van der Waals surface area contributed by atoms with Crippen LogP contribution in [0.4, 0.5) is 5.69 Å². The van der Waals surface area contributed by atoms with Crippen LogP contribution in [0.5, 0.6) is 5.75 Å². The SMILES string of the molecule is COc1ccccc1N1CCN(C(=O)CCc2nc3c(C)nn(-c4ccccc4)c3n(C)c2=O)CC1. The van der Waals surface area contributed by atoms with Gasteiger partial charge >= 0.3 is 0 Å². The number of carbonyl (C=O) groups is 1. The quantitative estimate of drug-likeness (QED) is 0.417. The highest BCUT2D eigenvalue weighted by Gasteiger charge is 2.24. The van der Waals surface area contributed by atoms with Gasteiger partial charge in [0.1, 0.15) is 17.0 Å². The lowest BCUT2D eigenvalue weighted by molar-refractivity contribution is -0.131. The third-order valence-corrected chi connectivity index (χ3v) is 6.76. The van der Waals surface area contributed by atoms with E-state index in [0.29, 0.717) is 36.4 Å². The van der Waals surface area contributed by atoms with Crippen molar-refractivity contribution in [3.63, 3.8) is 0 Å². The van der Waals surface area contributed by atoms with E-state index in [4.69, 9.17) is 4.74 Å². The Labute approximate surface area is 209 Å². The predicted molar refractivity (Wildman–Crippen MR) is 139 cm³/mol. The maximum Gasteiger partial charge on any atom is 0.273 e. The van der Waals surface area contributed by atoms with E-state index in [1.54, 1.807) is 23.4 Å². The van der Waals surface area contributed by atoms with Crippen LogP contribution in [0.1, 0.15) is 17.8 Å². The van der Waals surface area contributed by atoms with Crippen molar-refractivity contribution in [1.29, 1.82) is 0 Å². The number of amides is 1. The van der Waals surface area contributed by atoms with Gasteiger partial charge in [-0.15, -0.1) is 0 Å². The zero-order valence-electron chi connectivity index (χ0n) is 20.8. The van der Waals surface area contributed by atoms with E-state index in [1.807, 2.05) is 66.4 Å². The van der Waals surface area contributed by atoms with Gasteiger partial charge in [-0.25, -0.2) is 9.67 Å². The lowest BCUT2D eigenvalue weighted by atomic mass is 10.2. The van der Waals surface area contributed by atoms with Crippen LogP contribution in [-0.4, -0.2) is 63.4 Å². The second-order valence-electron chi connectivity index (χ2n) is 8.97. The number of nitrogens with zero attached hydrogens (tertiary/aromatic N) is 6. The summed E-state index contributed by atoms with van der Waals surface area (Å²) in [5.74, 6) is 0.871. The van der Waals surface area contributed by atoms with Gasteiger partial charge in [-0.3, -0.25) is 14.2 Å². The molecule has 0 unspecified atom stereocenters. The number of anilines is 1. The van der Waals surface area contributed by atoms with E-state index in [1.165, 1.54) is 0 Å². The molecule has 186 valence electrons. The van der Waals surface area contributed by atoms with Crippen molar-refractivity contribution in [2.75, 3.05) is 38.2 Å². The van der Waals surface area contributed by atoms with Crippen LogP contribution in [0.15, 0.2) is 59.4 Å². The molecule has 0 radical (unpaired) electrons. The smallest absolute Gasteiger partial charge is 0.273 e. The molecule has 0 spiro atoms. The molecule has 2 aromatic heterocycles. The van der Waals surface area contributed by atoms with Crippen LogP contribution in [0.25, 0.3) is 16.9 Å². The van der Waals surface area contributed by atoms with Gasteiger partial charge in [0.15, 0.2) is 5.65 Å². The van der Waals surface area contributed by atoms with Gasteiger partial charge in [0.25, 0.3) is 5.56 Å². The monoisotopic (exact) mass is 486 g/mol. The number of aryl methyl sites for hydroxylation is 3. The van der Waals surface area contributed by atoms with Gasteiger partial charge in [0.2, 0.25) is 5.91 Å². The summed E-state index contributed by atoms with van der Waals surface area (Å²) in [6.45, 7) is 4.61. The van der Waals surface area contributed by atoms with Gasteiger partial charge in [-0.2, -0.15) is 5.10 Å². The number of rotatable bonds is 6. The van der Waals surface area contributed by atoms with Crippen LogP contribution in [0, 0.1) is 6.92 Å². The van der Waals surface area contributed by atoms with Gasteiger partial charge in [0, 0.05) is 46.1 Å². The molecule has 0 aliphatic carbocycles. The van der Waals surface area contributed by atoms with Crippen molar-refractivity contribution in [2.45, 2.75) is 19.8 Å². The highest BCUT2D eigenvalue weighted by atomic mass is 16.5. The van der Waals surface area contributed by atoms with Crippen molar-refractivity contribution in [3.8, 4) is 11.4 Å². The van der Waals surface area contributed by atoms with Crippen LogP contribution >= 0.6 is 0 Å². The Hall–Kier alpha value is -4.14. The molecule has 1 aliphatic heterocycles. The van der Waals surface area contributed by atoms with Gasteiger partial charge in [-0.05, 0) is 31.2 Å². The predicted octanol–water partition coefficient (Wildman–Crippen LogP) is 2.72. The van der Waals surface area contributed by atoms with E-state index >= 15 is 0 Å². The first-order valence-corrected chi connectivity index (χ1v) is 12.1. The molecule has 9 heteroatoms. The Balaban J connectivity index is 1.29. The lowest BCUT2D eigenvalue weighted by Gasteiger charge is -2.36. The summed E-state index contributed by atoms with van der Waals surface area (Å²) in [5.41, 5.74) is 4.15. The largest absolute Gasteiger partial charge is 0.495 e. The van der Waals surface area contributed by atoms with E-state index in [0.717, 1.165) is 35.9 Å². The summed E-state index contributed by atoms with van der Waals surface area (Å²) in [4.78, 5) is 34.9. The van der Waals surface area contributed by atoms with Crippen molar-refractivity contribution < 1.29 is 9.53 Å². The summed E-state index contributed by atoms with van der Waals surface area (Å²) >= 11 is 0. The summed E-state index contributed by atoms with van der Waals surface area (Å²) in [6.07, 6.45) is 0.540. The molecule has 36 heavy (non-hydrogen) atoms. The van der Waals surface area contributed by atoms with Crippen molar-refractivity contribution in [3.05, 3.63) is 76.3 Å². The summed E-state index contributed by atoms with van der Waals surface area (Å²) in [5, 5.41) is 4.62. The molecular weight excluding hydrogens is 456 g/mol. The number of para-hydroxylation sites is 3. The molecule has 5 rings (SSSR count). The Morgan fingerprint density at radius 3 is 2.42 bits per heavy atom. The van der Waals surface area contributed by atoms with Gasteiger partial charge in [-0.1, -0.05) is 30.3 Å². The average Bonchev–Trinajstić information content (AvgIpc) is 3.26. The van der Waals surface area contributed by atoms with Crippen LogP contribution < -0.4 is 15.2 Å². The van der Waals surface area contributed by atoms with E-state index in [2.05, 4.69) is 15.0 Å². The molecule has 3 heterocycles. The zero-order chi connectivity index (χ0) is 25.2. The molecule has 1 aliphatic rings. The van der Waals surface area contributed by atoms with Crippen molar-refractivity contribution >= 4 is 22.8 Å². The number of hydrogen-bond acceptors (Lipinski definition) is 6. The maximum atomic E-state index is 13.1. The lowest BCUT2D eigenvalue weighted by Crippen LogP contribution is -2.49. The average molecular weight is 487 g/mol. The van der Waals surface area contributed by atoms with Crippen LogP contribution in [-0.2, 0) is 18.3 Å². The van der Waals surface area contributed by atoms with Gasteiger partial charge in [0.05, 0.1) is 24.2 Å². The third kappa shape index (κ3) is 4.32. The molecular formula is C27H30N6O3. The molecule has 0 bridgehead atoms. The minimum Gasteiger partial charge on any atom is -0.495 e. The summed E-state index contributed by atoms with van der Waals surface area (Å²) in [6, 6.07) is 17.6. The van der Waals surface area contributed by atoms with Crippen molar-refractivity contribution in [2.24, 2.45) is 7.05 Å². The first kappa shape index (κ1) is 23.6. The Morgan fingerprint density at radius 2 is 1.69 bits per heavy atom. The topological polar surface area (TPSA) is 85.5 Å². The van der Waals surface area contributed by atoms with E-state index in [9.17, 15) is 9.59 Å². The number of ether oxygens (including phenoxy) is 1. The molecule has 4 aromatic rings. The number of hydrogen-bond donors (Lipinski definition) is 0. The first-order chi connectivity index (χ1) is 17.5. The maximum absolute atomic E-state index is 13.1. The number of aromatic nitrogens is 4. The van der Waals surface area contributed by atoms with Crippen LogP contribution in [0.2, 0.25) is 0 Å². The molecule has 9 nitrogen and oxygen atoms in total. The fraction of sp³-hybridized carbons (Fsp3) is 0.333. The third-order valence-electron chi connectivity index (χ3n) is 6.76. The molecule has 1 fully saturated rings. The summed E-state index contributed by atoms with van der Waals surface area (Å²) < 4.78 is 8.81. The molecule has 0 saturated carbocycles. The van der Waals surface area contributed by atoms with Gasteiger partial charge < -0.3 is 14.5 Å². The normalized spacial score (nSPS) is 13.9. The highest BCUT2D eigenvalue weighted by molar-refractivity contribution is 5.78. The molecule has 1 saturated heterocycles. The second-order valence-corrected chi connectivity index (χ2v) is 8.97. The minimum atomic E-state index is -0.201. The number of fused-ring (bicyclic) bond motifs is 1. The molecule has 0 N–H and O–H groups in total. The minimum absolute atomic E-state index is 0.0373. The van der Waals surface area contributed by atoms with E-state index in [-0.39, 0.29) is 17.9 Å². The zero-order valence-corrected chi connectivity index (χ0v) is 20.8. The number of piperazine rings is 1. The Kier molecular flexibility index (Phi) is 6.45. The summed E-state index contributed by atoms with van der Waals surface area (Å²) in [7, 11) is 3.40. The van der Waals surface area contributed by atoms with E-state index < -0.39 is 0 Å². The van der Waals surface area contributed by atoms with Crippen molar-refractivity contribution in [1.82, 2.24) is 24.2 Å². The molecule has 0 atom stereocenters. The second kappa shape index (κ2) is 9.85. The number of carbonyl (C=O) groups excluding carboxylic acids is 1. The Bertz CT molecular complexity index is 1450. The molecule has 2 aromatic carbocycles. The Morgan fingerprint density at radius 1 is 1.00 bits per heavy atom. The number of methoxy groups -OCH3 is 1. The standard InChI is InChI=1S/C27H30N6O3/c1-19-25-26(33(29-19)20-9-5-4-6-10-20)30(2)27(35)21(28-25)13-14-24(34)32-17-15-31(16-18-32)22-11-7-8-12-23(22)36-3/h4-12H,13-18H2,1-3H3. The van der Waals surface area contributed by atoms with Crippen LogP contribution in [0.3, 0.4) is 0 Å². The molecule has 1 amide bonds. The first-order valence-electron chi connectivity index (χ1n) is 12.1. The fourth-order valence-corrected chi connectivity index (χ4v) is 4.79. The number of benzene rings is 2. The highest BCUT2D eigenvalue weighted by Crippen LogP contribution is 2.28. The fourth-order valence-electron chi connectivity index (χ4n) is 4.79.